The number of fused-ring (bicyclic) bond motifs is 5. The zero-order valence-electron chi connectivity index (χ0n) is 17.6. The van der Waals surface area contributed by atoms with Crippen LogP contribution in [-0.2, 0) is 0 Å². The standard InChI is InChI=1S/C24H41BrO/c1-5-24-13-12-22(3,26)14-17(24)6-7-18-20-9-8-19(16(2)15-25)23(20,4)11-10-21(18)24/h16-21,26H,5-15H2,1-4H3/t16?,17-,18+,19-,20+,21+,22-,23-,24+/m1/s1. The minimum atomic E-state index is -0.400. The van der Waals surface area contributed by atoms with E-state index in [2.05, 4.69) is 43.6 Å². The third kappa shape index (κ3) is 2.78. The Bertz CT molecular complexity index is 530. The smallest absolute Gasteiger partial charge is 0.0622 e. The summed E-state index contributed by atoms with van der Waals surface area (Å²) in [4.78, 5) is 0. The summed E-state index contributed by atoms with van der Waals surface area (Å²) in [7, 11) is 0. The van der Waals surface area contributed by atoms with Crippen molar-refractivity contribution in [3.63, 3.8) is 0 Å². The summed E-state index contributed by atoms with van der Waals surface area (Å²) >= 11 is 3.79. The lowest BCUT2D eigenvalue weighted by molar-refractivity contribution is -0.156. The van der Waals surface area contributed by atoms with Gasteiger partial charge in [-0.1, -0.05) is 36.7 Å². The third-order valence-electron chi connectivity index (χ3n) is 10.3. The second kappa shape index (κ2) is 6.75. The predicted octanol–water partition coefficient (Wildman–Crippen LogP) is 6.82. The molecule has 0 aliphatic heterocycles. The van der Waals surface area contributed by atoms with Crippen LogP contribution in [0.4, 0.5) is 0 Å². The Morgan fingerprint density at radius 2 is 1.77 bits per heavy atom. The maximum Gasteiger partial charge on any atom is 0.0622 e. The van der Waals surface area contributed by atoms with Crippen molar-refractivity contribution in [1.82, 2.24) is 0 Å². The number of hydrogen-bond donors (Lipinski definition) is 1. The van der Waals surface area contributed by atoms with Crippen LogP contribution in [0.15, 0.2) is 0 Å². The molecule has 0 aromatic carbocycles. The SMILES string of the molecule is CC[C@]12CC[C@@](C)(O)C[C@H]1CC[C@H]1[C@@H]3CC[C@H](C(C)CBr)[C@@]3(C)CC[C@@H]12. The molecule has 0 bridgehead atoms. The number of aliphatic hydroxyl groups is 1. The van der Waals surface area contributed by atoms with Crippen LogP contribution in [0.2, 0.25) is 0 Å². The summed E-state index contributed by atoms with van der Waals surface area (Å²) in [6.07, 6.45) is 13.4. The van der Waals surface area contributed by atoms with Crippen LogP contribution in [0.5, 0.6) is 0 Å². The van der Waals surface area contributed by atoms with Gasteiger partial charge in [-0.15, -0.1) is 0 Å². The third-order valence-corrected chi connectivity index (χ3v) is 11.3. The molecule has 150 valence electrons. The number of halogens is 1. The van der Waals surface area contributed by atoms with E-state index in [-0.39, 0.29) is 0 Å². The molecule has 0 saturated heterocycles. The predicted molar refractivity (Wildman–Crippen MR) is 113 cm³/mol. The van der Waals surface area contributed by atoms with Crippen molar-refractivity contribution < 1.29 is 5.11 Å². The summed E-state index contributed by atoms with van der Waals surface area (Å²) in [5.74, 6) is 5.41. The largest absolute Gasteiger partial charge is 0.390 e. The zero-order chi connectivity index (χ0) is 18.7. The highest BCUT2D eigenvalue weighted by molar-refractivity contribution is 9.09. The average molecular weight is 425 g/mol. The first-order chi connectivity index (χ1) is 12.3. The Morgan fingerprint density at radius 1 is 1.00 bits per heavy atom. The second-order valence-corrected chi connectivity index (χ2v) is 11.9. The molecule has 0 aromatic heterocycles. The van der Waals surface area contributed by atoms with Gasteiger partial charge in [0.1, 0.15) is 0 Å². The molecule has 0 heterocycles. The van der Waals surface area contributed by atoms with Gasteiger partial charge in [-0.3, -0.25) is 0 Å². The molecule has 1 N–H and O–H groups in total. The lowest BCUT2D eigenvalue weighted by atomic mass is 9.42. The molecule has 0 radical (unpaired) electrons. The fourth-order valence-electron chi connectivity index (χ4n) is 9.03. The van der Waals surface area contributed by atoms with Crippen LogP contribution >= 0.6 is 15.9 Å². The summed E-state index contributed by atoms with van der Waals surface area (Å²) in [5.41, 5.74) is 0.741. The van der Waals surface area contributed by atoms with Gasteiger partial charge in [-0.25, -0.2) is 0 Å². The van der Waals surface area contributed by atoms with Gasteiger partial charge in [0.05, 0.1) is 5.60 Å². The highest BCUT2D eigenvalue weighted by Crippen LogP contribution is 2.69. The second-order valence-electron chi connectivity index (χ2n) is 11.3. The van der Waals surface area contributed by atoms with Gasteiger partial charge >= 0.3 is 0 Å². The van der Waals surface area contributed by atoms with Gasteiger partial charge in [-0.05, 0) is 117 Å². The summed E-state index contributed by atoms with van der Waals surface area (Å²) in [5, 5.41) is 11.9. The normalized spacial score (nSPS) is 54.9. The van der Waals surface area contributed by atoms with E-state index in [9.17, 15) is 5.11 Å². The topological polar surface area (TPSA) is 20.2 Å². The molecule has 2 heteroatoms. The fraction of sp³-hybridized carbons (Fsp3) is 1.00. The molecule has 0 spiro atoms. The van der Waals surface area contributed by atoms with Gasteiger partial charge in [0.2, 0.25) is 0 Å². The molecule has 0 aromatic rings. The molecular formula is C24H41BrO. The van der Waals surface area contributed by atoms with Gasteiger partial charge in [-0.2, -0.15) is 0 Å². The molecule has 4 aliphatic rings. The molecule has 4 fully saturated rings. The van der Waals surface area contributed by atoms with Crippen molar-refractivity contribution in [2.45, 2.75) is 97.5 Å². The van der Waals surface area contributed by atoms with Crippen molar-refractivity contribution in [1.29, 1.82) is 0 Å². The van der Waals surface area contributed by atoms with E-state index in [1.807, 2.05) is 0 Å². The first kappa shape index (κ1) is 19.7. The van der Waals surface area contributed by atoms with Gasteiger partial charge in [0, 0.05) is 5.33 Å². The molecule has 1 unspecified atom stereocenters. The van der Waals surface area contributed by atoms with E-state index >= 15 is 0 Å². The van der Waals surface area contributed by atoms with E-state index in [0.717, 1.165) is 48.3 Å². The molecule has 1 nitrogen and oxygen atoms in total. The van der Waals surface area contributed by atoms with E-state index in [1.165, 1.54) is 56.7 Å². The molecule has 4 rings (SSSR count). The van der Waals surface area contributed by atoms with Crippen LogP contribution in [0, 0.1) is 46.3 Å². The first-order valence-corrected chi connectivity index (χ1v) is 12.7. The molecular weight excluding hydrogens is 384 g/mol. The number of hydrogen-bond acceptors (Lipinski definition) is 1. The monoisotopic (exact) mass is 424 g/mol. The van der Waals surface area contributed by atoms with E-state index < -0.39 is 5.60 Å². The highest BCUT2D eigenvalue weighted by atomic mass is 79.9. The summed E-state index contributed by atoms with van der Waals surface area (Å²) in [6.45, 7) is 9.71. The molecule has 4 aliphatic carbocycles. The Balaban J connectivity index is 1.61. The summed E-state index contributed by atoms with van der Waals surface area (Å²) in [6, 6.07) is 0. The van der Waals surface area contributed by atoms with Gasteiger partial charge in [0.25, 0.3) is 0 Å². The van der Waals surface area contributed by atoms with E-state index in [4.69, 9.17) is 0 Å². The van der Waals surface area contributed by atoms with Crippen molar-refractivity contribution in [3.05, 3.63) is 0 Å². The molecule has 0 amide bonds. The first-order valence-electron chi connectivity index (χ1n) is 11.6. The van der Waals surface area contributed by atoms with E-state index in [0.29, 0.717) is 10.8 Å². The summed E-state index contributed by atoms with van der Waals surface area (Å²) < 4.78 is 0. The van der Waals surface area contributed by atoms with Crippen LogP contribution in [0.3, 0.4) is 0 Å². The van der Waals surface area contributed by atoms with Crippen molar-refractivity contribution in [3.8, 4) is 0 Å². The number of rotatable bonds is 3. The maximum atomic E-state index is 10.7. The highest BCUT2D eigenvalue weighted by Gasteiger charge is 2.61. The van der Waals surface area contributed by atoms with Crippen LogP contribution in [0.1, 0.15) is 91.9 Å². The van der Waals surface area contributed by atoms with Crippen LogP contribution in [0.25, 0.3) is 0 Å². The molecule has 26 heavy (non-hydrogen) atoms. The Hall–Kier alpha value is 0.440. The average Bonchev–Trinajstić information content (AvgIpc) is 2.97. The quantitative estimate of drug-likeness (QED) is 0.492. The molecule has 4 saturated carbocycles. The zero-order valence-corrected chi connectivity index (χ0v) is 19.2. The Labute approximate surface area is 170 Å². The Morgan fingerprint density at radius 3 is 2.46 bits per heavy atom. The van der Waals surface area contributed by atoms with Crippen LogP contribution < -0.4 is 0 Å². The molecule has 9 atom stereocenters. The van der Waals surface area contributed by atoms with Crippen molar-refractivity contribution in [2.75, 3.05) is 5.33 Å². The lowest BCUT2D eigenvalue weighted by Crippen LogP contribution is -2.56. The van der Waals surface area contributed by atoms with Gasteiger partial charge < -0.3 is 5.11 Å². The van der Waals surface area contributed by atoms with Crippen molar-refractivity contribution in [2.24, 2.45) is 46.3 Å². The van der Waals surface area contributed by atoms with Crippen molar-refractivity contribution >= 4 is 15.9 Å². The van der Waals surface area contributed by atoms with E-state index in [1.54, 1.807) is 0 Å². The fourth-order valence-corrected chi connectivity index (χ4v) is 9.48. The van der Waals surface area contributed by atoms with Crippen LogP contribution in [-0.4, -0.2) is 16.0 Å². The minimum Gasteiger partial charge on any atom is -0.390 e. The Kier molecular flexibility index (Phi) is 5.13. The lowest BCUT2D eigenvalue weighted by Gasteiger charge is -2.63. The number of alkyl halides is 1. The minimum absolute atomic E-state index is 0.400. The van der Waals surface area contributed by atoms with Gasteiger partial charge in [0.15, 0.2) is 0 Å². The maximum absolute atomic E-state index is 10.7.